The van der Waals surface area contributed by atoms with Gasteiger partial charge in [-0.1, -0.05) is 6.07 Å². The first-order valence-electron chi connectivity index (χ1n) is 4.23. The van der Waals surface area contributed by atoms with Crippen molar-refractivity contribution >= 4 is 0 Å². The monoisotopic (exact) mass is 174 g/mol. The average molecular weight is 174 g/mol. The van der Waals surface area contributed by atoms with Crippen LogP contribution in [-0.2, 0) is 10.2 Å². The third kappa shape index (κ3) is 1.30. The van der Waals surface area contributed by atoms with E-state index >= 15 is 0 Å². The molecule has 1 saturated heterocycles. The number of pyridine rings is 1. The quantitative estimate of drug-likeness (QED) is 0.678. The summed E-state index contributed by atoms with van der Waals surface area (Å²) in [7, 11) is 0. The Hall–Kier alpha value is -1.40. The van der Waals surface area contributed by atoms with Gasteiger partial charge in [0, 0.05) is 18.8 Å². The number of rotatable bonds is 2. The smallest absolute Gasteiger partial charge is 0.0632 e. The molecule has 0 aromatic carbocycles. The molecule has 0 unspecified atom stereocenters. The third-order valence-electron chi connectivity index (χ3n) is 2.45. The van der Waals surface area contributed by atoms with Crippen LogP contribution in [0.1, 0.15) is 12.0 Å². The molecule has 0 bridgehead atoms. The molecule has 2 heterocycles. The fourth-order valence-corrected chi connectivity index (χ4v) is 1.55. The summed E-state index contributed by atoms with van der Waals surface area (Å²) >= 11 is 0. The summed E-state index contributed by atoms with van der Waals surface area (Å²) < 4.78 is 5.17. The fraction of sp³-hybridized carbons (Fsp3) is 0.400. The predicted octanol–water partition coefficient (Wildman–Crippen LogP) is 1.26. The van der Waals surface area contributed by atoms with Crippen molar-refractivity contribution in [2.45, 2.75) is 11.8 Å². The van der Waals surface area contributed by atoms with E-state index in [9.17, 15) is 0 Å². The molecular formula is C10H10N2O. The van der Waals surface area contributed by atoms with Gasteiger partial charge in [-0.2, -0.15) is 5.26 Å². The van der Waals surface area contributed by atoms with Crippen LogP contribution in [0.4, 0.5) is 0 Å². The molecule has 1 fully saturated rings. The van der Waals surface area contributed by atoms with Gasteiger partial charge in [-0.25, -0.2) is 0 Å². The van der Waals surface area contributed by atoms with Crippen LogP contribution in [0.2, 0.25) is 0 Å². The summed E-state index contributed by atoms with van der Waals surface area (Å²) in [6.45, 7) is 1.29. The van der Waals surface area contributed by atoms with Gasteiger partial charge in [-0.05, 0) is 11.6 Å². The standard InChI is InChI=1S/C10H10N2O/c11-4-3-10(7-13-8-10)9-2-1-5-12-6-9/h1-2,5-6H,3,7-8H2. The lowest BCUT2D eigenvalue weighted by atomic mass is 9.77. The summed E-state index contributed by atoms with van der Waals surface area (Å²) in [5.74, 6) is 0. The van der Waals surface area contributed by atoms with Crippen LogP contribution in [0.15, 0.2) is 24.5 Å². The Morgan fingerprint density at radius 3 is 2.92 bits per heavy atom. The number of hydrogen-bond donors (Lipinski definition) is 0. The second kappa shape index (κ2) is 3.15. The molecule has 1 aromatic heterocycles. The van der Waals surface area contributed by atoms with Crippen LogP contribution in [0, 0.1) is 11.3 Å². The van der Waals surface area contributed by atoms with Gasteiger partial charge in [0.1, 0.15) is 0 Å². The minimum atomic E-state index is -0.0803. The van der Waals surface area contributed by atoms with Crippen molar-refractivity contribution in [3.8, 4) is 6.07 Å². The molecule has 0 aliphatic carbocycles. The molecule has 1 aliphatic heterocycles. The topological polar surface area (TPSA) is 45.9 Å². The summed E-state index contributed by atoms with van der Waals surface area (Å²) in [6.07, 6.45) is 4.07. The molecule has 0 atom stereocenters. The van der Waals surface area contributed by atoms with E-state index < -0.39 is 0 Å². The van der Waals surface area contributed by atoms with Crippen LogP contribution >= 0.6 is 0 Å². The summed E-state index contributed by atoms with van der Waals surface area (Å²) in [4.78, 5) is 4.05. The van der Waals surface area contributed by atoms with Crippen LogP contribution in [-0.4, -0.2) is 18.2 Å². The largest absolute Gasteiger partial charge is 0.379 e. The Bertz CT molecular complexity index is 325. The Labute approximate surface area is 77.0 Å². The number of nitrogens with zero attached hydrogens (tertiary/aromatic N) is 2. The van der Waals surface area contributed by atoms with E-state index in [1.165, 1.54) is 0 Å². The molecule has 3 heteroatoms. The van der Waals surface area contributed by atoms with Crippen molar-refractivity contribution in [2.75, 3.05) is 13.2 Å². The molecule has 13 heavy (non-hydrogen) atoms. The molecule has 0 saturated carbocycles. The number of hydrogen-bond acceptors (Lipinski definition) is 3. The first kappa shape index (κ1) is 8.21. The second-order valence-electron chi connectivity index (χ2n) is 3.35. The summed E-state index contributed by atoms with van der Waals surface area (Å²) in [5.41, 5.74) is 1.03. The lowest BCUT2D eigenvalue weighted by molar-refractivity contribution is -0.0578. The van der Waals surface area contributed by atoms with Gasteiger partial charge >= 0.3 is 0 Å². The first-order chi connectivity index (χ1) is 6.37. The minimum absolute atomic E-state index is 0.0803. The molecule has 0 radical (unpaired) electrons. The van der Waals surface area contributed by atoms with E-state index in [0.717, 1.165) is 5.56 Å². The first-order valence-corrected chi connectivity index (χ1v) is 4.23. The Balaban J connectivity index is 2.28. The predicted molar refractivity (Wildman–Crippen MR) is 47.0 cm³/mol. The molecule has 1 aromatic rings. The van der Waals surface area contributed by atoms with Crippen molar-refractivity contribution < 1.29 is 4.74 Å². The lowest BCUT2D eigenvalue weighted by Gasteiger charge is -2.39. The Morgan fingerprint density at radius 1 is 1.62 bits per heavy atom. The highest BCUT2D eigenvalue weighted by atomic mass is 16.5. The average Bonchev–Trinajstić information content (AvgIpc) is 2.13. The number of ether oxygens (including phenoxy) is 1. The van der Waals surface area contributed by atoms with E-state index in [-0.39, 0.29) is 5.41 Å². The molecular weight excluding hydrogens is 164 g/mol. The highest BCUT2D eigenvalue weighted by Crippen LogP contribution is 2.34. The molecule has 0 N–H and O–H groups in total. The van der Waals surface area contributed by atoms with Crippen molar-refractivity contribution in [3.05, 3.63) is 30.1 Å². The van der Waals surface area contributed by atoms with Gasteiger partial charge in [0.05, 0.1) is 24.7 Å². The third-order valence-corrected chi connectivity index (χ3v) is 2.45. The fourth-order valence-electron chi connectivity index (χ4n) is 1.55. The van der Waals surface area contributed by atoms with Gasteiger partial charge in [0.15, 0.2) is 0 Å². The lowest BCUT2D eigenvalue weighted by Crippen LogP contribution is -2.46. The highest BCUT2D eigenvalue weighted by molar-refractivity contribution is 5.26. The van der Waals surface area contributed by atoms with E-state index in [1.54, 1.807) is 6.20 Å². The van der Waals surface area contributed by atoms with E-state index in [0.29, 0.717) is 19.6 Å². The molecule has 1 aliphatic rings. The van der Waals surface area contributed by atoms with E-state index in [4.69, 9.17) is 10.00 Å². The zero-order valence-electron chi connectivity index (χ0n) is 7.23. The second-order valence-corrected chi connectivity index (χ2v) is 3.35. The van der Waals surface area contributed by atoms with Gasteiger partial charge in [0.2, 0.25) is 0 Å². The zero-order valence-corrected chi connectivity index (χ0v) is 7.23. The Kier molecular flexibility index (Phi) is 1.99. The van der Waals surface area contributed by atoms with Crippen LogP contribution in [0.3, 0.4) is 0 Å². The van der Waals surface area contributed by atoms with Gasteiger partial charge in [-0.3, -0.25) is 4.98 Å². The van der Waals surface area contributed by atoms with Gasteiger partial charge in [-0.15, -0.1) is 0 Å². The van der Waals surface area contributed by atoms with Crippen LogP contribution < -0.4 is 0 Å². The molecule has 2 rings (SSSR count). The van der Waals surface area contributed by atoms with E-state index in [2.05, 4.69) is 11.1 Å². The van der Waals surface area contributed by atoms with Crippen molar-refractivity contribution in [1.82, 2.24) is 4.98 Å². The molecule has 66 valence electrons. The van der Waals surface area contributed by atoms with Gasteiger partial charge < -0.3 is 4.74 Å². The van der Waals surface area contributed by atoms with Crippen LogP contribution in [0.25, 0.3) is 0 Å². The summed E-state index contributed by atoms with van der Waals surface area (Å²) in [6, 6.07) is 6.10. The van der Waals surface area contributed by atoms with Crippen molar-refractivity contribution in [3.63, 3.8) is 0 Å². The number of aromatic nitrogens is 1. The molecule has 0 amide bonds. The maximum Gasteiger partial charge on any atom is 0.0632 e. The zero-order chi connectivity index (χ0) is 9.15. The minimum Gasteiger partial charge on any atom is -0.379 e. The number of nitriles is 1. The molecule has 3 nitrogen and oxygen atoms in total. The molecule has 0 spiro atoms. The Morgan fingerprint density at radius 2 is 2.46 bits per heavy atom. The van der Waals surface area contributed by atoms with E-state index in [1.807, 2.05) is 18.3 Å². The summed E-state index contributed by atoms with van der Waals surface area (Å²) in [5, 5.41) is 8.70. The normalized spacial score (nSPS) is 18.7. The van der Waals surface area contributed by atoms with Gasteiger partial charge in [0.25, 0.3) is 0 Å². The van der Waals surface area contributed by atoms with Crippen molar-refractivity contribution in [2.24, 2.45) is 0 Å². The SMILES string of the molecule is N#CCC1(c2cccnc2)COC1. The van der Waals surface area contributed by atoms with Crippen LogP contribution in [0.5, 0.6) is 0 Å². The maximum absolute atomic E-state index is 8.70. The highest BCUT2D eigenvalue weighted by Gasteiger charge is 2.40. The van der Waals surface area contributed by atoms with Crippen molar-refractivity contribution in [1.29, 1.82) is 5.26 Å². The maximum atomic E-state index is 8.70.